The van der Waals surface area contributed by atoms with Crippen molar-refractivity contribution in [1.29, 1.82) is 0 Å². The molecular weight excluding hydrogens is 522 g/mol. The van der Waals surface area contributed by atoms with E-state index in [2.05, 4.69) is 46.5 Å². The highest BCUT2D eigenvalue weighted by atomic mass is 16.3. The molecule has 4 aliphatic rings. The molecule has 12 nitrogen and oxygen atoms in total. The number of carbonyl (C=O) groups is 2. The van der Waals surface area contributed by atoms with Gasteiger partial charge in [-0.3, -0.25) is 9.59 Å². The van der Waals surface area contributed by atoms with Gasteiger partial charge in [0.2, 0.25) is 11.8 Å². The summed E-state index contributed by atoms with van der Waals surface area (Å²) < 4.78 is 0. The Hall–Kier alpha value is -3.96. The standard InChI is InChI=1S/C29H39N9O3/c1-2-25-30-15-21(32-25)11-22(16-31-28-35-37-38-36-28)33-26(40)24(10-17-3-5-23(39)6-4-17)34-27(41)29-12-18-7-19(13-29)9-20(8-18)14-29/h3-6,15,18-20,22,24,39H,2,7-14,16H2,1H3,(H,30,32)(H,33,40)(H,34,41)(H2,31,35,36,37,38). The van der Waals surface area contributed by atoms with Crippen molar-refractivity contribution in [3.8, 4) is 5.75 Å². The van der Waals surface area contributed by atoms with Crippen LogP contribution in [0, 0.1) is 23.2 Å². The predicted molar refractivity (Wildman–Crippen MR) is 151 cm³/mol. The molecule has 2 amide bonds. The molecular formula is C29H39N9O3. The van der Waals surface area contributed by atoms with Gasteiger partial charge < -0.3 is 26.0 Å². The number of aromatic hydroxyl groups is 1. The fourth-order valence-corrected chi connectivity index (χ4v) is 7.65. The van der Waals surface area contributed by atoms with Crippen molar-refractivity contribution in [2.45, 2.75) is 76.8 Å². The molecule has 0 aliphatic heterocycles. The van der Waals surface area contributed by atoms with Crippen molar-refractivity contribution in [3.63, 3.8) is 0 Å². The van der Waals surface area contributed by atoms with Crippen molar-refractivity contribution in [2.75, 3.05) is 11.9 Å². The van der Waals surface area contributed by atoms with Crippen LogP contribution in [-0.2, 0) is 28.9 Å². The highest BCUT2D eigenvalue weighted by molar-refractivity contribution is 5.90. The lowest BCUT2D eigenvalue weighted by Crippen LogP contribution is -2.58. The van der Waals surface area contributed by atoms with E-state index in [1.54, 1.807) is 24.3 Å². The molecule has 4 saturated carbocycles. The van der Waals surface area contributed by atoms with Crippen LogP contribution in [0.5, 0.6) is 5.75 Å². The van der Waals surface area contributed by atoms with Gasteiger partial charge >= 0.3 is 0 Å². The summed E-state index contributed by atoms with van der Waals surface area (Å²) in [5, 5.41) is 33.1. The second-order valence-electron chi connectivity index (χ2n) is 12.3. The minimum Gasteiger partial charge on any atom is -0.508 e. The molecule has 41 heavy (non-hydrogen) atoms. The van der Waals surface area contributed by atoms with E-state index in [9.17, 15) is 14.7 Å². The van der Waals surface area contributed by atoms with E-state index in [1.807, 2.05) is 13.1 Å². The highest BCUT2D eigenvalue weighted by Crippen LogP contribution is 2.60. The van der Waals surface area contributed by atoms with Crippen LogP contribution in [0.2, 0.25) is 0 Å². The number of hydrogen-bond acceptors (Lipinski definition) is 8. The Morgan fingerprint density at radius 2 is 1.76 bits per heavy atom. The third-order valence-electron chi connectivity index (χ3n) is 9.19. The summed E-state index contributed by atoms with van der Waals surface area (Å²) in [5.74, 6) is 2.99. The monoisotopic (exact) mass is 561 g/mol. The van der Waals surface area contributed by atoms with Crippen LogP contribution in [0.1, 0.15) is 62.5 Å². The molecule has 2 aromatic heterocycles. The number of phenolic OH excluding ortho intramolecular Hbond substituents is 1. The van der Waals surface area contributed by atoms with Crippen LogP contribution in [-0.4, -0.2) is 66.1 Å². The number of amides is 2. The van der Waals surface area contributed by atoms with E-state index < -0.39 is 6.04 Å². The van der Waals surface area contributed by atoms with Crippen molar-refractivity contribution in [2.24, 2.45) is 23.2 Å². The maximum absolute atomic E-state index is 14.0. The molecule has 1 aromatic carbocycles. The number of hydrogen-bond donors (Lipinski definition) is 6. The first-order chi connectivity index (χ1) is 19.9. The number of nitrogens with one attached hydrogen (secondary N) is 5. The number of carbonyl (C=O) groups excluding carboxylic acids is 2. The number of anilines is 1. The number of benzene rings is 1. The van der Waals surface area contributed by atoms with Gasteiger partial charge in [-0.05, 0) is 79.2 Å². The molecule has 218 valence electrons. The van der Waals surface area contributed by atoms with E-state index in [0.717, 1.165) is 42.8 Å². The van der Waals surface area contributed by atoms with E-state index in [1.165, 1.54) is 19.3 Å². The lowest BCUT2D eigenvalue weighted by Gasteiger charge is -2.55. The van der Waals surface area contributed by atoms with Gasteiger partial charge in [0, 0.05) is 37.4 Å². The van der Waals surface area contributed by atoms with Crippen molar-refractivity contribution in [1.82, 2.24) is 41.2 Å². The molecule has 0 radical (unpaired) electrons. The maximum Gasteiger partial charge on any atom is 0.263 e. The number of H-pyrrole nitrogens is 2. The largest absolute Gasteiger partial charge is 0.508 e. The maximum atomic E-state index is 14.0. The Balaban J connectivity index is 1.20. The third-order valence-corrected chi connectivity index (χ3v) is 9.19. The lowest BCUT2D eigenvalue weighted by atomic mass is 9.49. The molecule has 3 aromatic rings. The summed E-state index contributed by atoms with van der Waals surface area (Å²) in [7, 11) is 0. The van der Waals surface area contributed by atoms with Crippen LogP contribution in [0.25, 0.3) is 0 Å². The van der Waals surface area contributed by atoms with Crippen LogP contribution >= 0.6 is 0 Å². The molecule has 6 N–H and O–H groups in total. The summed E-state index contributed by atoms with van der Waals surface area (Å²) in [6.07, 6.45) is 9.93. The van der Waals surface area contributed by atoms with Crippen LogP contribution in [0.4, 0.5) is 5.95 Å². The second-order valence-corrected chi connectivity index (χ2v) is 12.3. The zero-order valence-electron chi connectivity index (χ0n) is 23.4. The number of aromatic nitrogens is 6. The summed E-state index contributed by atoms with van der Waals surface area (Å²) in [6, 6.07) is 5.67. The molecule has 4 fully saturated rings. The van der Waals surface area contributed by atoms with Gasteiger partial charge in [-0.15, -0.1) is 5.10 Å². The van der Waals surface area contributed by atoms with Gasteiger partial charge in [0.15, 0.2) is 0 Å². The lowest BCUT2D eigenvalue weighted by molar-refractivity contribution is -0.148. The fraction of sp³-hybridized carbons (Fsp3) is 0.586. The molecule has 12 heteroatoms. The number of aromatic amines is 2. The Morgan fingerprint density at radius 3 is 2.37 bits per heavy atom. The Morgan fingerprint density at radius 1 is 1.05 bits per heavy atom. The number of nitrogens with zero attached hydrogens (tertiary/aromatic N) is 4. The van der Waals surface area contributed by atoms with Gasteiger partial charge in [-0.2, -0.15) is 5.21 Å². The molecule has 0 spiro atoms. The van der Waals surface area contributed by atoms with E-state index in [-0.39, 0.29) is 29.0 Å². The predicted octanol–water partition coefficient (Wildman–Crippen LogP) is 2.27. The topological polar surface area (TPSA) is 174 Å². The van der Waals surface area contributed by atoms with Crippen LogP contribution in [0.3, 0.4) is 0 Å². The summed E-state index contributed by atoms with van der Waals surface area (Å²) >= 11 is 0. The molecule has 4 aliphatic carbocycles. The molecule has 2 atom stereocenters. The zero-order valence-corrected chi connectivity index (χ0v) is 23.4. The number of phenols is 1. The van der Waals surface area contributed by atoms with Crippen molar-refractivity contribution in [3.05, 3.63) is 47.5 Å². The molecule has 2 unspecified atom stereocenters. The number of aryl methyl sites for hydroxylation is 1. The van der Waals surface area contributed by atoms with Crippen LogP contribution < -0.4 is 16.0 Å². The highest BCUT2D eigenvalue weighted by Gasteiger charge is 2.55. The second kappa shape index (κ2) is 11.5. The first-order valence-electron chi connectivity index (χ1n) is 14.8. The van der Waals surface area contributed by atoms with Crippen LogP contribution in [0.15, 0.2) is 30.5 Å². The van der Waals surface area contributed by atoms with Gasteiger partial charge in [-0.25, -0.2) is 4.98 Å². The third kappa shape index (κ3) is 6.20. The smallest absolute Gasteiger partial charge is 0.263 e. The Labute approximate surface area is 238 Å². The van der Waals surface area contributed by atoms with Gasteiger partial charge in [0.1, 0.15) is 17.6 Å². The molecule has 7 rings (SSSR count). The first kappa shape index (κ1) is 27.2. The van der Waals surface area contributed by atoms with E-state index in [0.29, 0.717) is 43.1 Å². The van der Waals surface area contributed by atoms with Gasteiger partial charge in [0.25, 0.3) is 5.95 Å². The molecule has 4 bridgehead atoms. The van der Waals surface area contributed by atoms with E-state index in [4.69, 9.17) is 0 Å². The minimum atomic E-state index is -0.766. The molecule has 0 saturated heterocycles. The first-order valence-corrected chi connectivity index (χ1v) is 14.8. The molecule has 2 heterocycles. The van der Waals surface area contributed by atoms with Gasteiger partial charge in [-0.1, -0.05) is 24.2 Å². The van der Waals surface area contributed by atoms with Gasteiger partial charge in [0.05, 0.1) is 11.7 Å². The van der Waals surface area contributed by atoms with Crippen molar-refractivity contribution < 1.29 is 14.7 Å². The van der Waals surface area contributed by atoms with Crippen molar-refractivity contribution >= 4 is 17.8 Å². The van der Waals surface area contributed by atoms with E-state index >= 15 is 0 Å². The fourth-order valence-electron chi connectivity index (χ4n) is 7.65. The summed E-state index contributed by atoms with van der Waals surface area (Å²) in [5.41, 5.74) is 1.32. The summed E-state index contributed by atoms with van der Waals surface area (Å²) in [6.45, 7) is 2.37. The zero-order chi connectivity index (χ0) is 28.4. The minimum absolute atomic E-state index is 0.0110. The Kier molecular flexibility index (Phi) is 7.63. The average Bonchev–Trinajstić information content (AvgIpc) is 3.64. The average molecular weight is 562 g/mol. The summed E-state index contributed by atoms with van der Waals surface area (Å²) in [4.78, 5) is 35.7. The number of tetrazole rings is 1. The normalized spacial score (nSPS) is 25.9. The Bertz CT molecular complexity index is 1300. The number of rotatable bonds is 12. The quantitative estimate of drug-likeness (QED) is 0.195. The SMILES string of the molecule is CCc1nc(CC(CNc2nn[nH]n2)NC(=O)C(Cc2ccc(O)cc2)NC(=O)C23CC4CC(CC(C4)C2)C3)c[nH]1. The number of imidazole rings is 1.